The molecule has 1 fully saturated rings. The number of carbonyl (C=O) groups excluding carboxylic acids is 1. The molecular formula is C19H27NO4. The molecule has 0 N–H and O–H groups in total. The summed E-state index contributed by atoms with van der Waals surface area (Å²) in [6, 6.07) is 9.71. The van der Waals surface area contributed by atoms with Gasteiger partial charge in [0.25, 0.3) is 0 Å². The van der Waals surface area contributed by atoms with E-state index in [0.717, 1.165) is 31.4 Å². The lowest BCUT2D eigenvalue weighted by Crippen LogP contribution is -2.37. The minimum atomic E-state index is -0.958. The molecule has 2 rings (SSSR count). The second-order valence-electron chi connectivity index (χ2n) is 6.08. The highest BCUT2D eigenvalue weighted by molar-refractivity contribution is 5.86. The Morgan fingerprint density at radius 3 is 2.83 bits per heavy atom. The van der Waals surface area contributed by atoms with Crippen LogP contribution < -0.4 is 0 Å². The second kappa shape index (κ2) is 9.55. The van der Waals surface area contributed by atoms with Gasteiger partial charge in [-0.2, -0.15) is 0 Å². The minimum absolute atomic E-state index is 0.164. The maximum Gasteiger partial charge on any atom is 0.333 e. The van der Waals surface area contributed by atoms with Gasteiger partial charge in [-0.25, -0.2) is 4.79 Å². The first-order chi connectivity index (χ1) is 11.6. The molecule has 24 heavy (non-hydrogen) atoms. The highest BCUT2D eigenvalue weighted by Gasteiger charge is 2.34. The Balaban J connectivity index is 1.97. The van der Waals surface area contributed by atoms with Crippen molar-refractivity contribution in [2.75, 3.05) is 19.8 Å². The fourth-order valence-corrected chi connectivity index (χ4v) is 2.49. The van der Waals surface area contributed by atoms with Gasteiger partial charge in [-0.15, -0.1) is 0 Å². The summed E-state index contributed by atoms with van der Waals surface area (Å²) in [6.07, 6.45) is 5.11. The molecule has 132 valence electrons. The summed E-state index contributed by atoms with van der Waals surface area (Å²) in [6.45, 7) is 5.07. The van der Waals surface area contributed by atoms with E-state index in [9.17, 15) is 4.79 Å². The van der Waals surface area contributed by atoms with E-state index >= 15 is 0 Å². The predicted molar refractivity (Wildman–Crippen MR) is 93.2 cm³/mol. The molecule has 1 aromatic carbocycles. The van der Waals surface area contributed by atoms with Gasteiger partial charge >= 0.3 is 5.97 Å². The van der Waals surface area contributed by atoms with E-state index in [1.807, 2.05) is 30.3 Å². The molecule has 5 heteroatoms. The Labute approximate surface area is 144 Å². The Morgan fingerprint density at radius 2 is 2.17 bits per heavy atom. The van der Waals surface area contributed by atoms with Crippen LogP contribution in [0.5, 0.6) is 0 Å². The van der Waals surface area contributed by atoms with E-state index in [1.54, 1.807) is 20.1 Å². The van der Waals surface area contributed by atoms with Crippen LogP contribution in [0.15, 0.2) is 35.3 Å². The monoisotopic (exact) mass is 333 g/mol. The summed E-state index contributed by atoms with van der Waals surface area (Å²) in [5.74, 6) is -0.328. The summed E-state index contributed by atoms with van der Waals surface area (Å²) in [5.41, 5.74) is -0.00916. The smallest absolute Gasteiger partial charge is 0.333 e. The molecule has 0 radical (unpaired) electrons. The lowest BCUT2D eigenvalue weighted by molar-refractivity contribution is -0.168. The van der Waals surface area contributed by atoms with Gasteiger partial charge in [0.15, 0.2) is 11.8 Å². The van der Waals surface area contributed by atoms with Gasteiger partial charge in [-0.1, -0.05) is 30.3 Å². The number of nitrogens with zero attached hydrogens (tertiary/aromatic N) is 1. The van der Waals surface area contributed by atoms with Gasteiger partial charge in [-0.05, 0) is 38.7 Å². The first-order valence-corrected chi connectivity index (χ1v) is 8.65. The molecule has 2 unspecified atom stereocenters. The summed E-state index contributed by atoms with van der Waals surface area (Å²) < 4.78 is 16.5. The van der Waals surface area contributed by atoms with Crippen molar-refractivity contribution >= 4 is 12.2 Å². The number of hydrogen-bond donors (Lipinski definition) is 0. The fourth-order valence-electron chi connectivity index (χ4n) is 2.49. The summed E-state index contributed by atoms with van der Waals surface area (Å²) in [7, 11) is 0. The average Bonchev–Trinajstić information content (AvgIpc) is 2.62. The van der Waals surface area contributed by atoms with Gasteiger partial charge in [0.1, 0.15) is 0 Å². The number of carbonyl (C=O) groups is 1. The van der Waals surface area contributed by atoms with Crippen LogP contribution in [0, 0.1) is 0 Å². The largest absolute Gasteiger partial charge is 0.464 e. The van der Waals surface area contributed by atoms with Crippen molar-refractivity contribution in [1.82, 2.24) is 0 Å². The number of rotatable bonds is 8. The molecule has 1 aliphatic heterocycles. The molecule has 0 saturated carbocycles. The fraction of sp³-hybridized carbons (Fsp3) is 0.579. The topological polar surface area (TPSA) is 57.1 Å². The summed E-state index contributed by atoms with van der Waals surface area (Å²) >= 11 is 0. The molecule has 0 aromatic heterocycles. The van der Waals surface area contributed by atoms with E-state index in [4.69, 9.17) is 14.2 Å². The van der Waals surface area contributed by atoms with Crippen LogP contribution in [-0.2, 0) is 19.0 Å². The highest BCUT2D eigenvalue weighted by atomic mass is 16.7. The van der Waals surface area contributed by atoms with Crippen LogP contribution in [-0.4, -0.2) is 43.8 Å². The summed E-state index contributed by atoms with van der Waals surface area (Å²) in [5, 5.41) is 0. The van der Waals surface area contributed by atoms with Crippen LogP contribution in [0.1, 0.15) is 45.1 Å². The van der Waals surface area contributed by atoms with Crippen molar-refractivity contribution in [3.63, 3.8) is 0 Å². The number of benzene rings is 1. The van der Waals surface area contributed by atoms with Crippen LogP contribution in [0.4, 0.5) is 0 Å². The van der Waals surface area contributed by atoms with E-state index in [-0.39, 0.29) is 12.3 Å². The van der Waals surface area contributed by atoms with Gasteiger partial charge in [0.2, 0.25) is 0 Å². The zero-order valence-electron chi connectivity index (χ0n) is 14.6. The van der Waals surface area contributed by atoms with Crippen LogP contribution in [0.25, 0.3) is 0 Å². The van der Waals surface area contributed by atoms with Crippen molar-refractivity contribution in [2.24, 2.45) is 4.99 Å². The van der Waals surface area contributed by atoms with Crippen LogP contribution in [0.2, 0.25) is 0 Å². The molecule has 0 spiro atoms. The van der Waals surface area contributed by atoms with Gasteiger partial charge in [-0.3, -0.25) is 4.99 Å². The van der Waals surface area contributed by atoms with Crippen LogP contribution in [0.3, 0.4) is 0 Å². The van der Waals surface area contributed by atoms with Crippen molar-refractivity contribution in [1.29, 1.82) is 0 Å². The van der Waals surface area contributed by atoms with E-state index in [2.05, 4.69) is 4.99 Å². The van der Waals surface area contributed by atoms with Crippen molar-refractivity contribution in [2.45, 2.75) is 51.4 Å². The number of ether oxygens (including phenoxy) is 3. The molecule has 0 bridgehead atoms. The Kier molecular flexibility index (Phi) is 7.40. The highest BCUT2D eigenvalue weighted by Crippen LogP contribution is 2.20. The lowest BCUT2D eigenvalue weighted by atomic mass is 9.99. The Bertz CT molecular complexity index is 525. The van der Waals surface area contributed by atoms with Crippen molar-refractivity contribution in [3.8, 4) is 0 Å². The average molecular weight is 333 g/mol. The molecule has 5 nitrogen and oxygen atoms in total. The molecule has 1 aromatic rings. The minimum Gasteiger partial charge on any atom is -0.464 e. The summed E-state index contributed by atoms with van der Waals surface area (Å²) in [4.78, 5) is 16.9. The standard InChI is InChI=1S/C19H27NO4/c1-3-22-18(21)19(2,20-15-16-9-5-4-6-10-16)12-14-24-17-11-7-8-13-23-17/h4-6,9-10,15,17H,3,7-8,11-14H2,1-2H3/b20-15+. The van der Waals surface area contributed by atoms with E-state index in [1.165, 1.54) is 0 Å². The number of hydrogen-bond acceptors (Lipinski definition) is 5. The molecule has 0 amide bonds. The molecule has 1 aliphatic rings. The zero-order chi connectivity index (χ0) is 17.3. The Morgan fingerprint density at radius 1 is 1.38 bits per heavy atom. The number of esters is 1. The third-order valence-electron chi connectivity index (χ3n) is 4.04. The molecule has 2 atom stereocenters. The molecule has 1 saturated heterocycles. The Hall–Kier alpha value is -1.72. The maximum atomic E-state index is 12.3. The lowest BCUT2D eigenvalue weighted by Gasteiger charge is -2.26. The quantitative estimate of drug-likeness (QED) is 0.541. The van der Waals surface area contributed by atoms with Crippen LogP contribution >= 0.6 is 0 Å². The van der Waals surface area contributed by atoms with E-state index in [0.29, 0.717) is 19.6 Å². The van der Waals surface area contributed by atoms with E-state index < -0.39 is 5.54 Å². The van der Waals surface area contributed by atoms with Crippen molar-refractivity contribution < 1.29 is 19.0 Å². The maximum absolute atomic E-state index is 12.3. The normalized spacial score (nSPS) is 20.7. The van der Waals surface area contributed by atoms with Gasteiger partial charge in [0.05, 0.1) is 13.2 Å². The second-order valence-corrected chi connectivity index (χ2v) is 6.08. The molecule has 0 aliphatic carbocycles. The molecular weight excluding hydrogens is 306 g/mol. The molecule has 1 heterocycles. The van der Waals surface area contributed by atoms with Crippen molar-refractivity contribution in [3.05, 3.63) is 35.9 Å². The SMILES string of the molecule is CCOC(=O)C(C)(CCOC1CCCCO1)/N=C/c1ccccc1. The third-order valence-corrected chi connectivity index (χ3v) is 4.04. The van der Waals surface area contributed by atoms with Gasteiger partial charge < -0.3 is 14.2 Å². The van der Waals surface area contributed by atoms with Gasteiger partial charge in [0, 0.05) is 19.2 Å². The predicted octanol–water partition coefficient (Wildman–Crippen LogP) is 3.36. The first kappa shape index (κ1) is 18.6. The third kappa shape index (κ3) is 5.73. The first-order valence-electron chi connectivity index (χ1n) is 8.65. The zero-order valence-corrected chi connectivity index (χ0v) is 14.6. The number of aliphatic imine (C=N–C) groups is 1.